The molecule has 8 atom stereocenters. The molecule has 6 N–H and O–H groups in total. The Labute approximate surface area is 503 Å². The molecule has 1 amide bonds. The average molecular weight is 1160 g/mol. The third-order valence-electron chi connectivity index (χ3n) is 16.2. The van der Waals surface area contributed by atoms with Crippen LogP contribution in [0.3, 0.4) is 0 Å². The highest BCUT2D eigenvalue weighted by Crippen LogP contribution is 2.26. The van der Waals surface area contributed by atoms with E-state index in [2.05, 4.69) is 74.7 Å². The molecule has 478 valence electrons. The summed E-state index contributed by atoms with van der Waals surface area (Å²) >= 11 is 0. The molecule has 1 saturated heterocycles. The molecule has 1 rings (SSSR count). The summed E-state index contributed by atoms with van der Waals surface area (Å²) in [5.41, 5.74) is 0. The lowest BCUT2D eigenvalue weighted by Crippen LogP contribution is -2.61. The zero-order chi connectivity index (χ0) is 59.6. The molecule has 0 aromatic carbocycles. The molecule has 0 aromatic rings. The van der Waals surface area contributed by atoms with Crippen LogP contribution in [0, 0.1) is 0 Å². The molecule has 1 fully saturated rings. The van der Waals surface area contributed by atoms with Crippen molar-refractivity contribution in [2.75, 3.05) is 13.2 Å². The summed E-state index contributed by atoms with van der Waals surface area (Å²) in [6.45, 7) is 5.79. The highest BCUT2D eigenvalue weighted by atomic mass is 16.7. The number of esters is 1. The Morgan fingerprint density at radius 1 is 0.476 bits per heavy atom. The zero-order valence-corrected chi connectivity index (χ0v) is 53.1. The summed E-state index contributed by atoms with van der Waals surface area (Å²) in [6, 6.07) is -1.02. The van der Waals surface area contributed by atoms with Gasteiger partial charge in [-0.05, 0) is 70.6 Å². The fourth-order valence-electron chi connectivity index (χ4n) is 10.7. The monoisotopic (exact) mass is 1160 g/mol. The van der Waals surface area contributed by atoms with Crippen LogP contribution < -0.4 is 5.32 Å². The van der Waals surface area contributed by atoms with Crippen LogP contribution in [0.25, 0.3) is 0 Å². The highest BCUT2D eigenvalue weighted by molar-refractivity contribution is 5.80. The van der Waals surface area contributed by atoms with Gasteiger partial charge >= 0.3 is 5.97 Å². The number of hydrogen-bond acceptors (Lipinski definition) is 10. The van der Waals surface area contributed by atoms with Crippen molar-refractivity contribution >= 4 is 11.9 Å². The van der Waals surface area contributed by atoms with E-state index < -0.39 is 67.4 Å². The molecule has 1 aliphatic rings. The van der Waals surface area contributed by atoms with Crippen molar-refractivity contribution in [2.24, 2.45) is 0 Å². The molecule has 11 heteroatoms. The lowest BCUT2D eigenvalue weighted by molar-refractivity contribution is -0.305. The molecule has 82 heavy (non-hydrogen) atoms. The van der Waals surface area contributed by atoms with E-state index in [0.29, 0.717) is 19.3 Å². The molecule has 8 unspecified atom stereocenters. The first-order valence-corrected chi connectivity index (χ1v) is 34.6. The number of aliphatic hydroxyl groups excluding tert-OH is 5. The van der Waals surface area contributed by atoms with Gasteiger partial charge in [-0.1, -0.05) is 300 Å². The molecule has 0 radical (unpaired) electrons. The van der Waals surface area contributed by atoms with Crippen LogP contribution in [0.4, 0.5) is 0 Å². The maximum atomic E-state index is 13.4. The van der Waals surface area contributed by atoms with Crippen LogP contribution in [0.2, 0.25) is 0 Å². The average Bonchev–Trinajstić information content (AvgIpc) is 3.56. The number of rotatable bonds is 59. The number of unbranched alkanes of at least 4 members (excludes halogenated alkanes) is 37. The van der Waals surface area contributed by atoms with E-state index >= 15 is 0 Å². The Morgan fingerprint density at radius 2 is 0.841 bits per heavy atom. The topological polar surface area (TPSA) is 175 Å². The Hall–Kier alpha value is -2.64. The quantitative estimate of drug-likeness (QED) is 0.0195. The summed E-state index contributed by atoms with van der Waals surface area (Å²) in [7, 11) is 0. The van der Waals surface area contributed by atoms with E-state index in [0.717, 1.165) is 89.9 Å². The van der Waals surface area contributed by atoms with Crippen molar-refractivity contribution in [1.29, 1.82) is 0 Å². The van der Waals surface area contributed by atoms with Crippen molar-refractivity contribution in [3.8, 4) is 0 Å². The summed E-state index contributed by atoms with van der Waals surface area (Å²) < 4.78 is 17.7. The van der Waals surface area contributed by atoms with Crippen molar-refractivity contribution in [2.45, 2.75) is 365 Å². The van der Waals surface area contributed by atoms with Crippen LogP contribution in [0.15, 0.2) is 60.8 Å². The maximum absolute atomic E-state index is 13.4. The molecule has 0 spiro atoms. The van der Waals surface area contributed by atoms with E-state index in [4.69, 9.17) is 14.2 Å². The Balaban J connectivity index is 2.58. The molecule has 1 heterocycles. The molecule has 0 saturated carbocycles. The fourth-order valence-corrected chi connectivity index (χ4v) is 10.7. The number of carbonyl (C=O) groups excluding carboxylic acids is 2. The highest BCUT2D eigenvalue weighted by Gasteiger charge is 2.47. The molecular formula is C71H129NO10. The lowest BCUT2D eigenvalue weighted by atomic mass is 9.99. The third kappa shape index (κ3) is 45.7. The van der Waals surface area contributed by atoms with Crippen molar-refractivity contribution in [3.05, 3.63) is 60.8 Å². The third-order valence-corrected chi connectivity index (χ3v) is 16.2. The Kier molecular flexibility index (Phi) is 55.4. The zero-order valence-electron chi connectivity index (χ0n) is 53.1. The van der Waals surface area contributed by atoms with Gasteiger partial charge in [-0.15, -0.1) is 0 Å². The maximum Gasteiger partial charge on any atom is 0.306 e. The van der Waals surface area contributed by atoms with Crippen LogP contribution >= 0.6 is 0 Å². The predicted octanol–water partition coefficient (Wildman–Crippen LogP) is 17.3. The second kappa shape index (κ2) is 58.7. The summed E-state index contributed by atoms with van der Waals surface area (Å²) in [6.07, 6.45) is 64.0. The second-order valence-electron chi connectivity index (χ2n) is 23.9. The van der Waals surface area contributed by atoms with Crippen LogP contribution in [0.5, 0.6) is 0 Å². The first-order valence-electron chi connectivity index (χ1n) is 34.6. The minimum absolute atomic E-state index is 0.117. The van der Waals surface area contributed by atoms with E-state index in [1.165, 1.54) is 180 Å². The fraction of sp³-hybridized carbons (Fsp3) is 0.831. The number of amides is 1. The molecule has 11 nitrogen and oxygen atoms in total. The minimum Gasteiger partial charge on any atom is -0.454 e. The van der Waals surface area contributed by atoms with Crippen molar-refractivity contribution in [3.63, 3.8) is 0 Å². The smallest absolute Gasteiger partial charge is 0.306 e. The van der Waals surface area contributed by atoms with Gasteiger partial charge in [-0.25, -0.2) is 0 Å². The van der Waals surface area contributed by atoms with Gasteiger partial charge in [0.15, 0.2) is 12.4 Å². The van der Waals surface area contributed by atoms with Gasteiger partial charge in [0.2, 0.25) is 5.91 Å². The molecule has 1 aliphatic heterocycles. The first kappa shape index (κ1) is 77.4. The van der Waals surface area contributed by atoms with E-state index in [9.17, 15) is 35.1 Å². The Bertz CT molecular complexity index is 1560. The van der Waals surface area contributed by atoms with Crippen molar-refractivity contribution < 1.29 is 49.3 Å². The number of hydrogen-bond donors (Lipinski definition) is 6. The van der Waals surface area contributed by atoms with Crippen LogP contribution in [-0.2, 0) is 23.8 Å². The number of nitrogens with one attached hydrogen (secondary N) is 1. The van der Waals surface area contributed by atoms with Gasteiger partial charge in [0.25, 0.3) is 0 Å². The standard InChI is InChI=1S/C71H129NO10/c1-4-7-10-13-16-19-22-25-27-29-30-31-32-33-34-35-36-37-39-41-44-47-50-53-56-59-66(76)82-69-68(78)67(77)65(60-73)81-71(69)80-61-62(63(74)57-54-51-48-45-42-24-21-18-15-12-9-6-3)72-70(79)64(75)58-55-52-49-46-43-40-38-28-26-23-20-17-14-11-8-5-2/h16,19,25,27,30-31,33-34,54,57,62-65,67-69,71,73-75,77-78H,4-15,17-18,20-24,26,28-29,32,35-53,55-56,58-61H2,1-3H3,(H,72,79)/b19-16-,27-25-,31-30-,34-33-,57-54+. The van der Waals surface area contributed by atoms with E-state index in [-0.39, 0.29) is 13.0 Å². The lowest BCUT2D eigenvalue weighted by Gasteiger charge is -2.41. The molecular weight excluding hydrogens is 1030 g/mol. The first-order chi connectivity index (χ1) is 40.2. The SMILES string of the molecule is CCCCC/C=C\C/C=C\C/C=C\C/C=C\CCCCCCCCCCCC(=O)OC1C(OCC(NC(=O)C(O)CCCCCCCCCCCCCCCCCC)C(O)/C=C/CCCCCCCCCCCC)OC(CO)C(O)C1O. The summed E-state index contributed by atoms with van der Waals surface area (Å²) in [4.78, 5) is 26.6. The van der Waals surface area contributed by atoms with E-state index in [1.807, 2.05) is 6.08 Å². The van der Waals surface area contributed by atoms with Gasteiger partial charge < -0.3 is 45.1 Å². The molecule has 0 aromatic heterocycles. The van der Waals surface area contributed by atoms with E-state index in [1.54, 1.807) is 6.08 Å². The number of allylic oxidation sites excluding steroid dienone is 9. The minimum atomic E-state index is -1.62. The van der Waals surface area contributed by atoms with Gasteiger partial charge in [0, 0.05) is 6.42 Å². The second-order valence-corrected chi connectivity index (χ2v) is 23.9. The van der Waals surface area contributed by atoms with Crippen LogP contribution in [0.1, 0.15) is 316 Å². The normalized spacial score (nSPS) is 19.0. The molecule has 0 aliphatic carbocycles. The number of aliphatic hydroxyl groups is 5. The van der Waals surface area contributed by atoms with Gasteiger partial charge in [0.05, 0.1) is 25.4 Å². The van der Waals surface area contributed by atoms with Gasteiger partial charge in [0.1, 0.15) is 24.4 Å². The number of ether oxygens (including phenoxy) is 3. The van der Waals surface area contributed by atoms with Gasteiger partial charge in [-0.3, -0.25) is 9.59 Å². The summed E-state index contributed by atoms with van der Waals surface area (Å²) in [5.74, 6) is -1.19. The number of carbonyl (C=O) groups is 2. The predicted molar refractivity (Wildman–Crippen MR) is 343 cm³/mol. The van der Waals surface area contributed by atoms with Gasteiger partial charge in [-0.2, -0.15) is 0 Å². The van der Waals surface area contributed by atoms with Crippen molar-refractivity contribution in [1.82, 2.24) is 5.32 Å². The Morgan fingerprint density at radius 3 is 1.28 bits per heavy atom. The van der Waals surface area contributed by atoms with Crippen LogP contribution in [-0.4, -0.2) is 99.6 Å². The largest absolute Gasteiger partial charge is 0.454 e. The molecule has 0 bridgehead atoms. The summed E-state index contributed by atoms with van der Waals surface area (Å²) in [5, 5.41) is 57.2.